The van der Waals surface area contributed by atoms with E-state index < -0.39 is 33.5 Å². The largest absolute Gasteiger partial charge is 0.419 e. The highest BCUT2D eigenvalue weighted by Gasteiger charge is 2.34. The molecule has 4 aromatic carbocycles. The molecular formula is C31H26F4N2O3S. The van der Waals surface area contributed by atoms with Crippen LogP contribution in [0.15, 0.2) is 89.8 Å². The van der Waals surface area contributed by atoms with E-state index in [0.717, 1.165) is 28.3 Å². The number of carbonyl (C=O) groups is 1. The van der Waals surface area contributed by atoms with Gasteiger partial charge in [-0.05, 0) is 59.4 Å². The minimum absolute atomic E-state index is 0.102. The summed E-state index contributed by atoms with van der Waals surface area (Å²) in [6.45, 7) is 2.09. The van der Waals surface area contributed by atoms with Crippen molar-refractivity contribution in [1.29, 1.82) is 0 Å². The van der Waals surface area contributed by atoms with Crippen LogP contribution in [0.2, 0.25) is 0 Å². The summed E-state index contributed by atoms with van der Waals surface area (Å²) in [5, 5.41) is 2.82. The smallest absolute Gasteiger partial charge is 0.325 e. The average molecular weight is 583 g/mol. The number of sulfonamides is 1. The summed E-state index contributed by atoms with van der Waals surface area (Å²) in [7, 11) is -3.86. The SMILES string of the molecule is Cc1ccc2c(c1NC(=O)Cc1ccc(C(F)(F)F)c(F)c1)CCN(S(=O)(=O)c1ccccc1-c1ccccc1)C2. The minimum Gasteiger partial charge on any atom is -0.325 e. The number of carbonyl (C=O) groups excluding carboxylic acids is 1. The van der Waals surface area contributed by atoms with Crippen LogP contribution in [0.3, 0.4) is 0 Å². The van der Waals surface area contributed by atoms with E-state index in [1.165, 1.54) is 4.31 Å². The van der Waals surface area contributed by atoms with Gasteiger partial charge in [0.15, 0.2) is 0 Å². The van der Waals surface area contributed by atoms with E-state index >= 15 is 0 Å². The Balaban J connectivity index is 1.37. The Kier molecular flexibility index (Phi) is 7.72. The molecule has 0 aliphatic carbocycles. The molecule has 1 heterocycles. The number of benzene rings is 4. The lowest BCUT2D eigenvalue weighted by atomic mass is 9.95. The van der Waals surface area contributed by atoms with Gasteiger partial charge in [-0.2, -0.15) is 17.5 Å². The molecule has 0 spiro atoms. The first-order valence-electron chi connectivity index (χ1n) is 12.9. The number of aryl methyl sites for hydroxylation is 1. The first-order valence-corrected chi connectivity index (χ1v) is 14.3. The molecule has 0 radical (unpaired) electrons. The second-order valence-electron chi connectivity index (χ2n) is 9.88. The summed E-state index contributed by atoms with van der Waals surface area (Å²) in [4.78, 5) is 13.0. The van der Waals surface area contributed by atoms with Crippen LogP contribution in [0.1, 0.15) is 27.8 Å². The van der Waals surface area contributed by atoms with Crippen molar-refractivity contribution in [3.63, 3.8) is 0 Å². The van der Waals surface area contributed by atoms with Crippen molar-refractivity contribution in [3.05, 3.63) is 119 Å². The fourth-order valence-corrected chi connectivity index (χ4v) is 6.71. The number of hydrogen-bond acceptors (Lipinski definition) is 3. The molecule has 5 nitrogen and oxygen atoms in total. The Morgan fingerprint density at radius 3 is 2.37 bits per heavy atom. The molecule has 1 N–H and O–H groups in total. The molecule has 4 aromatic rings. The average Bonchev–Trinajstić information content (AvgIpc) is 2.94. The first-order chi connectivity index (χ1) is 19.4. The number of amides is 1. The highest BCUT2D eigenvalue weighted by Crippen LogP contribution is 2.35. The summed E-state index contributed by atoms with van der Waals surface area (Å²) in [5.74, 6) is -1.96. The van der Waals surface area contributed by atoms with Gasteiger partial charge in [-0.25, -0.2) is 12.8 Å². The molecule has 41 heavy (non-hydrogen) atoms. The second kappa shape index (κ2) is 11.1. The van der Waals surface area contributed by atoms with Crippen LogP contribution in [-0.2, 0) is 40.4 Å². The predicted molar refractivity (Wildman–Crippen MR) is 148 cm³/mol. The predicted octanol–water partition coefficient (Wildman–Crippen LogP) is 6.75. The van der Waals surface area contributed by atoms with Gasteiger partial charge in [-0.3, -0.25) is 4.79 Å². The molecule has 10 heteroatoms. The molecule has 0 atom stereocenters. The maximum absolute atomic E-state index is 14.0. The zero-order valence-corrected chi connectivity index (χ0v) is 22.8. The van der Waals surface area contributed by atoms with Gasteiger partial charge in [0.05, 0.1) is 16.9 Å². The summed E-state index contributed by atoms with van der Waals surface area (Å²) in [5.41, 5.74) is 2.92. The lowest BCUT2D eigenvalue weighted by Gasteiger charge is -2.30. The van der Waals surface area contributed by atoms with Gasteiger partial charge in [0.1, 0.15) is 5.82 Å². The number of alkyl halides is 3. The first kappa shape index (κ1) is 28.5. The monoisotopic (exact) mass is 582 g/mol. The standard InChI is InChI=1S/C31H26F4N2O3S/c1-20-11-13-23-19-37(41(39,40)28-10-6-5-9-24(28)22-7-3-2-4-8-22)16-15-25(23)30(20)36-29(38)18-21-12-14-26(27(32)17-21)31(33,34)35/h2-14,17H,15-16,18-19H2,1H3,(H,36,38). The van der Waals surface area contributed by atoms with Crippen molar-refractivity contribution in [2.24, 2.45) is 0 Å². The molecule has 0 aromatic heterocycles. The van der Waals surface area contributed by atoms with E-state index in [9.17, 15) is 30.8 Å². The van der Waals surface area contributed by atoms with E-state index in [-0.39, 0.29) is 30.0 Å². The van der Waals surface area contributed by atoms with Crippen molar-refractivity contribution in [2.45, 2.75) is 37.4 Å². The maximum Gasteiger partial charge on any atom is 0.419 e. The fourth-order valence-electron chi connectivity index (χ4n) is 5.08. The van der Waals surface area contributed by atoms with Crippen LogP contribution in [0.4, 0.5) is 23.2 Å². The van der Waals surface area contributed by atoms with Gasteiger partial charge < -0.3 is 5.32 Å². The summed E-state index contributed by atoms with van der Waals surface area (Å²) >= 11 is 0. The molecule has 1 aliphatic heterocycles. The molecule has 5 rings (SSSR count). The van der Waals surface area contributed by atoms with E-state index in [2.05, 4.69) is 5.32 Å². The van der Waals surface area contributed by atoms with Crippen molar-refractivity contribution >= 4 is 21.6 Å². The van der Waals surface area contributed by atoms with Crippen LogP contribution in [0, 0.1) is 12.7 Å². The zero-order chi connectivity index (χ0) is 29.4. The second-order valence-corrected chi connectivity index (χ2v) is 11.8. The Morgan fingerprint density at radius 1 is 0.951 bits per heavy atom. The maximum atomic E-state index is 14.0. The summed E-state index contributed by atoms with van der Waals surface area (Å²) in [6.07, 6.45) is -4.81. The molecule has 1 aliphatic rings. The highest BCUT2D eigenvalue weighted by atomic mass is 32.2. The number of anilines is 1. The lowest BCUT2D eigenvalue weighted by molar-refractivity contribution is -0.140. The molecule has 0 bridgehead atoms. The molecule has 0 saturated heterocycles. The third-order valence-corrected chi connectivity index (χ3v) is 9.04. The number of hydrogen-bond donors (Lipinski definition) is 1. The zero-order valence-electron chi connectivity index (χ0n) is 22.0. The molecule has 212 valence electrons. The molecule has 1 amide bonds. The van der Waals surface area contributed by atoms with Crippen molar-refractivity contribution < 1.29 is 30.8 Å². The van der Waals surface area contributed by atoms with Crippen LogP contribution in [0.5, 0.6) is 0 Å². The van der Waals surface area contributed by atoms with Gasteiger partial charge in [-0.1, -0.05) is 66.7 Å². The van der Waals surface area contributed by atoms with Crippen molar-refractivity contribution in [2.75, 3.05) is 11.9 Å². The van der Waals surface area contributed by atoms with E-state index in [0.29, 0.717) is 29.8 Å². The number of nitrogens with one attached hydrogen (secondary N) is 1. The molecule has 0 saturated carbocycles. The van der Waals surface area contributed by atoms with Gasteiger partial charge in [-0.15, -0.1) is 0 Å². The van der Waals surface area contributed by atoms with E-state index in [4.69, 9.17) is 0 Å². The number of nitrogens with zero attached hydrogens (tertiary/aromatic N) is 1. The van der Waals surface area contributed by atoms with Crippen LogP contribution in [-0.4, -0.2) is 25.2 Å². The number of halogens is 4. The van der Waals surface area contributed by atoms with Crippen LogP contribution in [0.25, 0.3) is 11.1 Å². The number of fused-ring (bicyclic) bond motifs is 1. The summed E-state index contributed by atoms with van der Waals surface area (Å²) < 4.78 is 81.6. The Bertz CT molecular complexity index is 1720. The van der Waals surface area contributed by atoms with Crippen molar-refractivity contribution in [3.8, 4) is 11.1 Å². The minimum atomic E-state index is -4.82. The molecular weight excluding hydrogens is 556 g/mol. The molecule has 0 fully saturated rings. The van der Waals surface area contributed by atoms with Crippen molar-refractivity contribution in [1.82, 2.24) is 4.31 Å². The Labute approximate surface area is 235 Å². The van der Waals surface area contributed by atoms with Gasteiger partial charge in [0.2, 0.25) is 15.9 Å². The number of rotatable bonds is 6. The van der Waals surface area contributed by atoms with E-state index in [1.54, 1.807) is 37.3 Å². The van der Waals surface area contributed by atoms with E-state index in [1.807, 2.05) is 36.4 Å². The van der Waals surface area contributed by atoms with Gasteiger partial charge in [0.25, 0.3) is 0 Å². The fraction of sp³-hybridized carbons (Fsp3) is 0.194. The lowest BCUT2D eigenvalue weighted by Crippen LogP contribution is -2.36. The van der Waals surface area contributed by atoms with Crippen LogP contribution >= 0.6 is 0 Å². The third-order valence-electron chi connectivity index (χ3n) is 7.13. The Hall–Kier alpha value is -4.02. The normalized spacial score (nSPS) is 14.0. The Morgan fingerprint density at radius 2 is 1.66 bits per heavy atom. The summed E-state index contributed by atoms with van der Waals surface area (Å²) in [6, 6.07) is 22.2. The van der Waals surface area contributed by atoms with Gasteiger partial charge >= 0.3 is 6.18 Å². The third kappa shape index (κ3) is 5.89. The van der Waals surface area contributed by atoms with Gasteiger partial charge in [0, 0.05) is 24.3 Å². The quantitative estimate of drug-likeness (QED) is 0.256. The highest BCUT2D eigenvalue weighted by molar-refractivity contribution is 7.89. The molecule has 0 unspecified atom stereocenters. The van der Waals surface area contributed by atoms with Crippen LogP contribution < -0.4 is 5.32 Å². The topological polar surface area (TPSA) is 66.5 Å².